The van der Waals surface area contributed by atoms with Crippen LogP contribution in [0, 0.1) is 6.92 Å². The summed E-state index contributed by atoms with van der Waals surface area (Å²) in [4.78, 5) is 4.96. The number of piperazine rings is 1. The average Bonchev–Trinajstić information content (AvgIpc) is 3.16. The Labute approximate surface area is 128 Å². The molecule has 3 rings (SSSR count). The van der Waals surface area contributed by atoms with E-state index in [1.807, 2.05) is 0 Å². The topological polar surface area (TPSA) is 31.7 Å². The number of furan rings is 1. The van der Waals surface area contributed by atoms with Crippen molar-refractivity contribution in [2.75, 3.05) is 26.7 Å². The van der Waals surface area contributed by atoms with Crippen molar-refractivity contribution in [1.29, 1.82) is 0 Å². The molecule has 1 saturated carbocycles. The minimum atomic E-state index is 0.246. The molecule has 1 aliphatic carbocycles. The maximum absolute atomic E-state index is 5.97. The molecule has 0 aromatic carbocycles. The molecule has 118 valence electrons. The van der Waals surface area contributed by atoms with Gasteiger partial charge in [-0.3, -0.25) is 9.80 Å². The van der Waals surface area contributed by atoms with Crippen LogP contribution in [0.1, 0.15) is 43.8 Å². The SMILES string of the molecule is Cc1oc(CN2CCN(C)C(C)(C)C2)cc1CNC1CC1. The van der Waals surface area contributed by atoms with E-state index in [0.29, 0.717) is 0 Å². The second-order valence-corrected chi connectivity index (χ2v) is 7.39. The Morgan fingerprint density at radius 1 is 1.33 bits per heavy atom. The Balaban J connectivity index is 1.58. The van der Waals surface area contributed by atoms with Crippen molar-refractivity contribution < 1.29 is 4.42 Å². The van der Waals surface area contributed by atoms with E-state index in [9.17, 15) is 0 Å². The molecule has 0 spiro atoms. The maximum Gasteiger partial charge on any atom is 0.118 e. The lowest BCUT2D eigenvalue weighted by atomic mass is 10.00. The number of nitrogens with zero attached hydrogens (tertiary/aromatic N) is 2. The standard InChI is InChI=1S/C17H29N3O/c1-13-14(10-18-15-5-6-15)9-16(21-13)11-20-8-7-19(4)17(2,3)12-20/h9,15,18H,5-8,10-12H2,1-4H3. The zero-order valence-corrected chi connectivity index (χ0v) is 13.9. The fourth-order valence-corrected chi connectivity index (χ4v) is 3.08. The zero-order chi connectivity index (χ0) is 15.0. The van der Waals surface area contributed by atoms with Gasteiger partial charge in [-0.25, -0.2) is 0 Å². The molecule has 21 heavy (non-hydrogen) atoms. The molecule has 0 bridgehead atoms. The summed E-state index contributed by atoms with van der Waals surface area (Å²) in [5.74, 6) is 2.19. The second-order valence-electron chi connectivity index (χ2n) is 7.39. The zero-order valence-electron chi connectivity index (χ0n) is 13.9. The van der Waals surface area contributed by atoms with Gasteiger partial charge in [0.25, 0.3) is 0 Å². The number of hydrogen-bond acceptors (Lipinski definition) is 4. The summed E-state index contributed by atoms with van der Waals surface area (Å²) >= 11 is 0. The predicted molar refractivity (Wildman–Crippen MR) is 85.3 cm³/mol. The van der Waals surface area contributed by atoms with Crippen molar-refractivity contribution in [2.45, 2.75) is 58.3 Å². The highest BCUT2D eigenvalue weighted by molar-refractivity contribution is 5.21. The molecule has 0 radical (unpaired) electrons. The Kier molecular flexibility index (Phi) is 4.12. The van der Waals surface area contributed by atoms with Crippen LogP contribution in [0.4, 0.5) is 0 Å². The molecule has 4 heteroatoms. The Morgan fingerprint density at radius 3 is 2.76 bits per heavy atom. The van der Waals surface area contributed by atoms with E-state index >= 15 is 0 Å². The van der Waals surface area contributed by atoms with Crippen molar-refractivity contribution in [2.24, 2.45) is 0 Å². The van der Waals surface area contributed by atoms with Crippen molar-refractivity contribution in [3.8, 4) is 0 Å². The van der Waals surface area contributed by atoms with Gasteiger partial charge in [-0.1, -0.05) is 0 Å². The van der Waals surface area contributed by atoms with E-state index in [2.05, 4.69) is 49.0 Å². The van der Waals surface area contributed by atoms with Crippen LogP contribution in [0.25, 0.3) is 0 Å². The predicted octanol–water partition coefficient (Wildman–Crippen LogP) is 2.37. The largest absolute Gasteiger partial charge is 0.465 e. The van der Waals surface area contributed by atoms with Crippen LogP contribution in [0.3, 0.4) is 0 Å². The molecule has 0 amide bonds. The van der Waals surface area contributed by atoms with Gasteiger partial charge in [-0.15, -0.1) is 0 Å². The Bertz CT molecular complexity index is 490. The lowest BCUT2D eigenvalue weighted by Crippen LogP contribution is -2.57. The minimum absolute atomic E-state index is 0.246. The lowest BCUT2D eigenvalue weighted by molar-refractivity contribution is 0.0327. The van der Waals surface area contributed by atoms with Crippen molar-refractivity contribution >= 4 is 0 Å². The summed E-state index contributed by atoms with van der Waals surface area (Å²) in [5, 5.41) is 3.57. The van der Waals surface area contributed by atoms with E-state index in [4.69, 9.17) is 4.42 Å². The summed E-state index contributed by atoms with van der Waals surface area (Å²) in [5.41, 5.74) is 1.57. The molecule has 2 aliphatic rings. The van der Waals surface area contributed by atoms with Gasteiger partial charge in [-0.05, 0) is 46.7 Å². The number of aryl methyl sites for hydroxylation is 1. The van der Waals surface area contributed by atoms with Gasteiger partial charge >= 0.3 is 0 Å². The highest BCUT2D eigenvalue weighted by atomic mass is 16.3. The molecule has 1 N–H and O–H groups in total. The van der Waals surface area contributed by atoms with Crippen molar-refractivity contribution in [1.82, 2.24) is 15.1 Å². The normalized spacial score (nSPS) is 23.6. The van der Waals surface area contributed by atoms with E-state index in [1.165, 1.54) is 18.4 Å². The first-order valence-electron chi connectivity index (χ1n) is 8.19. The summed E-state index contributed by atoms with van der Waals surface area (Å²) in [6.07, 6.45) is 2.67. The van der Waals surface area contributed by atoms with E-state index in [-0.39, 0.29) is 5.54 Å². The van der Waals surface area contributed by atoms with Gasteiger partial charge in [0.15, 0.2) is 0 Å². The molecule has 0 atom stereocenters. The van der Waals surface area contributed by atoms with Gasteiger partial charge in [-0.2, -0.15) is 0 Å². The molecular formula is C17H29N3O. The third kappa shape index (κ3) is 3.68. The van der Waals surface area contributed by atoms with Crippen LogP contribution in [0.5, 0.6) is 0 Å². The molecule has 1 saturated heterocycles. The van der Waals surface area contributed by atoms with Crippen LogP contribution in [0.15, 0.2) is 10.5 Å². The first-order chi connectivity index (χ1) is 9.94. The summed E-state index contributed by atoms with van der Waals surface area (Å²) in [7, 11) is 2.22. The van der Waals surface area contributed by atoms with Gasteiger partial charge in [0.1, 0.15) is 11.5 Å². The number of nitrogens with one attached hydrogen (secondary N) is 1. The van der Waals surface area contributed by atoms with Gasteiger partial charge in [0.05, 0.1) is 6.54 Å². The summed E-state index contributed by atoms with van der Waals surface area (Å²) < 4.78 is 5.97. The van der Waals surface area contributed by atoms with Crippen LogP contribution < -0.4 is 5.32 Å². The van der Waals surface area contributed by atoms with Crippen LogP contribution in [0.2, 0.25) is 0 Å². The summed E-state index contributed by atoms with van der Waals surface area (Å²) in [6, 6.07) is 3.00. The Hall–Kier alpha value is -0.840. The van der Waals surface area contributed by atoms with E-state index < -0.39 is 0 Å². The molecule has 1 aromatic heterocycles. The summed E-state index contributed by atoms with van der Waals surface area (Å²) in [6.45, 7) is 11.9. The lowest BCUT2D eigenvalue weighted by Gasteiger charge is -2.45. The molecule has 4 nitrogen and oxygen atoms in total. The molecular weight excluding hydrogens is 262 g/mol. The van der Waals surface area contributed by atoms with E-state index in [1.54, 1.807) is 0 Å². The number of hydrogen-bond donors (Lipinski definition) is 1. The molecule has 1 aromatic rings. The molecule has 1 aliphatic heterocycles. The first-order valence-corrected chi connectivity index (χ1v) is 8.19. The van der Waals surface area contributed by atoms with Gasteiger partial charge in [0.2, 0.25) is 0 Å². The molecule has 2 heterocycles. The minimum Gasteiger partial charge on any atom is -0.465 e. The molecule has 0 unspecified atom stereocenters. The second kappa shape index (κ2) is 5.75. The molecule has 2 fully saturated rings. The fourth-order valence-electron chi connectivity index (χ4n) is 3.08. The smallest absolute Gasteiger partial charge is 0.118 e. The highest BCUT2D eigenvalue weighted by Crippen LogP contribution is 2.24. The fraction of sp³-hybridized carbons (Fsp3) is 0.765. The van der Waals surface area contributed by atoms with Crippen LogP contribution in [-0.2, 0) is 13.1 Å². The quantitative estimate of drug-likeness (QED) is 0.902. The maximum atomic E-state index is 5.97. The highest BCUT2D eigenvalue weighted by Gasteiger charge is 2.31. The third-order valence-electron chi connectivity index (χ3n) is 5.01. The van der Waals surface area contributed by atoms with Crippen molar-refractivity contribution in [3.63, 3.8) is 0 Å². The number of rotatable bonds is 5. The first kappa shape index (κ1) is 15.1. The van der Waals surface area contributed by atoms with Crippen LogP contribution >= 0.6 is 0 Å². The number of likely N-dealkylation sites (N-methyl/N-ethyl adjacent to an activating group) is 1. The van der Waals surface area contributed by atoms with E-state index in [0.717, 1.165) is 50.3 Å². The average molecular weight is 291 g/mol. The van der Waals surface area contributed by atoms with Gasteiger partial charge < -0.3 is 9.73 Å². The third-order valence-corrected chi connectivity index (χ3v) is 5.01. The Morgan fingerprint density at radius 2 is 2.10 bits per heavy atom. The van der Waals surface area contributed by atoms with Gasteiger partial charge in [0, 0.05) is 43.3 Å². The van der Waals surface area contributed by atoms with Crippen molar-refractivity contribution in [3.05, 3.63) is 23.2 Å². The monoisotopic (exact) mass is 291 g/mol. The van der Waals surface area contributed by atoms with Crippen LogP contribution in [-0.4, -0.2) is 48.1 Å².